The van der Waals surface area contributed by atoms with E-state index in [4.69, 9.17) is 4.52 Å². The van der Waals surface area contributed by atoms with Gasteiger partial charge < -0.3 is 14.7 Å². The van der Waals surface area contributed by atoms with Crippen molar-refractivity contribution in [2.75, 3.05) is 20.1 Å². The zero-order valence-electron chi connectivity index (χ0n) is 9.19. The van der Waals surface area contributed by atoms with Crippen LogP contribution in [0.25, 0.3) is 0 Å². The van der Waals surface area contributed by atoms with Gasteiger partial charge in [0.15, 0.2) is 5.69 Å². The van der Waals surface area contributed by atoms with Crippen LogP contribution in [0.15, 0.2) is 10.6 Å². The lowest BCUT2D eigenvalue weighted by atomic mass is 9.99. The Morgan fingerprint density at radius 2 is 2.25 bits per heavy atom. The summed E-state index contributed by atoms with van der Waals surface area (Å²) in [6.07, 6.45) is 0. The van der Waals surface area contributed by atoms with Gasteiger partial charge in [-0.2, -0.15) is 0 Å². The summed E-state index contributed by atoms with van der Waals surface area (Å²) in [5.41, 5.74) is 0.299. The fourth-order valence-electron chi connectivity index (χ4n) is 1.64. The normalized spacial score (nSPS) is 15.8. The predicted molar refractivity (Wildman–Crippen MR) is 54.7 cm³/mol. The molecular formula is C10H13N3O3. The van der Waals surface area contributed by atoms with Gasteiger partial charge in [-0.15, -0.1) is 0 Å². The van der Waals surface area contributed by atoms with Crippen LogP contribution >= 0.6 is 0 Å². The number of carbonyl (C=O) groups is 2. The van der Waals surface area contributed by atoms with Crippen LogP contribution in [0.4, 0.5) is 0 Å². The topological polar surface area (TPSA) is 75.4 Å². The fraction of sp³-hybridized carbons (Fsp3) is 0.500. The molecule has 1 aromatic heterocycles. The van der Waals surface area contributed by atoms with E-state index in [1.54, 1.807) is 24.9 Å². The molecule has 16 heavy (non-hydrogen) atoms. The van der Waals surface area contributed by atoms with Gasteiger partial charge in [0.25, 0.3) is 5.91 Å². The number of nitrogens with zero attached hydrogens (tertiary/aromatic N) is 2. The number of aryl methyl sites for hydroxylation is 1. The summed E-state index contributed by atoms with van der Waals surface area (Å²) in [4.78, 5) is 24.6. The van der Waals surface area contributed by atoms with Gasteiger partial charge in [0.05, 0.1) is 5.92 Å². The molecule has 0 saturated carbocycles. The average Bonchev–Trinajstić information content (AvgIpc) is 2.62. The molecule has 0 radical (unpaired) electrons. The lowest BCUT2D eigenvalue weighted by molar-refractivity contribution is -0.128. The van der Waals surface area contributed by atoms with Gasteiger partial charge in [-0.1, -0.05) is 5.16 Å². The number of amides is 2. The number of aromatic nitrogens is 1. The molecule has 1 saturated heterocycles. The summed E-state index contributed by atoms with van der Waals surface area (Å²) in [5.74, 6) is 0.297. The van der Waals surface area contributed by atoms with Crippen molar-refractivity contribution in [2.24, 2.45) is 5.92 Å². The molecule has 1 N–H and O–H groups in total. The Balaban J connectivity index is 1.93. The number of hydrogen-bond acceptors (Lipinski definition) is 4. The first kappa shape index (κ1) is 10.7. The van der Waals surface area contributed by atoms with Crippen molar-refractivity contribution in [3.8, 4) is 0 Å². The minimum absolute atomic E-state index is 0.0274. The van der Waals surface area contributed by atoms with Crippen molar-refractivity contribution in [3.63, 3.8) is 0 Å². The number of likely N-dealkylation sites (tertiary alicyclic amines) is 1. The van der Waals surface area contributed by atoms with Crippen molar-refractivity contribution >= 4 is 11.8 Å². The van der Waals surface area contributed by atoms with E-state index >= 15 is 0 Å². The zero-order chi connectivity index (χ0) is 11.7. The molecule has 0 aromatic carbocycles. The Labute approximate surface area is 92.6 Å². The van der Waals surface area contributed by atoms with Crippen LogP contribution in [-0.4, -0.2) is 42.0 Å². The average molecular weight is 223 g/mol. The second-order valence-electron chi connectivity index (χ2n) is 3.84. The van der Waals surface area contributed by atoms with E-state index in [2.05, 4.69) is 10.5 Å². The van der Waals surface area contributed by atoms with Crippen LogP contribution in [0.3, 0.4) is 0 Å². The van der Waals surface area contributed by atoms with Crippen molar-refractivity contribution < 1.29 is 14.1 Å². The number of nitrogens with one attached hydrogen (secondary N) is 1. The highest BCUT2D eigenvalue weighted by Crippen LogP contribution is 2.18. The monoisotopic (exact) mass is 223 g/mol. The molecule has 0 atom stereocenters. The maximum atomic E-state index is 11.8. The third-order valence-corrected chi connectivity index (χ3v) is 2.63. The van der Waals surface area contributed by atoms with Gasteiger partial charge in [0.1, 0.15) is 5.76 Å². The first-order chi connectivity index (χ1) is 7.61. The molecule has 0 aliphatic carbocycles. The van der Waals surface area contributed by atoms with Crippen molar-refractivity contribution in [1.82, 2.24) is 15.4 Å². The summed E-state index contributed by atoms with van der Waals surface area (Å²) >= 11 is 0. The molecule has 2 heterocycles. The van der Waals surface area contributed by atoms with E-state index in [0.717, 1.165) is 0 Å². The van der Waals surface area contributed by atoms with E-state index in [9.17, 15) is 9.59 Å². The maximum Gasteiger partial charge on any atom is 0.276 e. The summed E-state index contributed by atoms with van der Waals surface area (Å²) in [7, 11) is 1.59. The summed E-state index contributed by atoms with van der Waals surface area (Å²) < 4.78 is 4.82. The van der Waals surface area contributed by atoms with Crippen LogP contribution in [-0.2, 0) is 4.79 Å². The Morgan fingerprint density at radius 3 is 2.75 bits per heavy atom. The molecule has 2 amide bonds. The van der Waals surface area contributed by atoms with E-state index in [1.165, 1.54) is 0 Å². The maximum absolute atomic E-state index is 11.8. The summed E-state index contributed by atoms with van der Waals surface area (Å²) in [5, 5.41) is 6.20. The van der Waals surface area contributed by atoms with E-state index in [0.29, 0.717) is 24.5 Å². The smallest absolute Gasteiger partial charge is 0.276 e. The molecule has 1 aliphatic heterocycles. The third-order valence-electron chi connectivity index (χ3n) is 2.63. The Bertz CT molecular complexity index is 421. The molecule has 0 unspecified atom stereocenters. The van der Waals surface area contributed by atoms with Crippen LogP contribution in [0.2, 0.25) is 0 Å². The molecule has 1 aromatic rings. The van der Waals surface area contributed by atoms with E-state index in [1.807, 2.05) is 0 Å². The summed E-state index contributed by atoms with van der Waals surface area (Å²) in [6, 6.07) is 1.59. The molecule has 1 fully saturated rings. The Morgan fingerprint density at radius 1 is 1.56 bits per heavy atom. The fourth-order valence-corrected chi connectivity index (χ4v) is 1.64. The van der Waals surface area contributed by atoms with Crippen molar-refractivity contribution in [1.29, 1.82) is 0 Å². The van der Waals surface area contributed by atoms with Gasteiger partial charge in [-0.25, -0.2) is 0 Å². The lowest BCUT2D eigenvalue weighted by Gasteiger charge is -2.37. The number of hydrogen-bond donors (Lipinski definition) is 1. The first-order valence-corrected chi connectivity index (χ1v) is 5.06. The molecule has 0 spiro atoms. The van der Waals surface area contributed by atoms with Crippen molar-refractivity contribution in [2.45, 2.75) is 6.92 Å². The largest absolute Gasteiger partial charge is 0.361 e. The highest BCUT2D eigenvalue weighted by Gasteiger charge is 2.36. The Kier molecular flexibility index (Phi) is 2.64. The molecular weight excluding hydrogens is 210 g/mol. The second kappa shape index (κ2) is 3.96. The minimum Gasteiger partial charge on any atom is -0.361 e. The number of rotatable bonds is 2. The van der Waals surface area contributed by atoms with Crippen LogP contribution in [0, 0.1) is 12.8 Å². The highest BCUT2D eigenvalue weighted by molar-refractivity contribution is 5.94. The Hall–Kier alpha value is -1.85. The second-order valence-corrected chi connectivity index (χ2v) is 3.84. The molecule has 6 heteroatoms. The lowest BCUT2D eigenvalue weighted by Crippen LogP contribution is -2.55. The van der Waals surface area contributed by atoms with Crippen LogP contribution in [0.5, 0.6) is 0 Å². The highest BCUT2D eigenvalue weighted by atomic mass is 16.5. The number of carbonyl (C=O) groups excluding carboxylic acids is 2. The van der Waals surface area contributed by atoms with Crippen molar-refractivity contribution in [3.05, 3.63) is 17.5 Å². The standard InChI is InChI=1S/C10H13N3O3/c1-6-3-8(12-16-6)10(15)13-4-7(5-13)9(14)11-2/h3,7H,4-5H2,1-2H3,(H,11,14). The van der Waals surface area contributed by atoms with Crippen LogP contribution < -0.4 is 5.32 Å². The molecule has 6 nitrogen and oxygen atoms in total. The van der Waals surface area contributed by atoms with E-state index in [-0.39, 0.29) is 17.7 Å². The van der Waals surface area contributed by atoms with Gasteiger partial charge in [0.2, 0.25) is 5.91 Å². The quantitative estimate of drug-likeness (QED) is 0.753. The van der Waals surface area contributed by atoms with Gasteiger partial charge in [-0.3, -0.25) is 9.59 Å². The predicted octanol–water partition coefficient (Wildman–Crippen LogP) is -0.199. The molecule has 2 rings (SSSR count). The summed E-state index contributed by atoms with van der Waals surface area (Å²) in [6.45, 7) is 2.63. The minimum atomic E-state index is -0.183. The zero-order valence-corrected chi connectivity index (χ0v) is 9.19. The SMILES string of the molecule is CNC(=O)C1CN(C(=O)c2cc(C)on2)C1. The van der Waals surface area contributed by atoms with Crippen LogP contribution in [0.1, 0.15) is 16.2 Å². The van der Waals surface area contributed by atoms with E-state index < -0.39 is 0 Å². The molecule has 86 valence electrons. The molecule has 0 bridgehead atoms. The van der Waals surface area contributed by atoms with Gasteiger partial charge in [0, 0.05) is 26.2 Å². The van der Waals surface area contributed by atoms with Gasteiger partial charge in [-0.05, 0) is 6.92 Å². The first-order valence-electron chi connectivity index (χ1n) is 5.06. The van der Waals surface area contributed by atoms with Gasteiger partial charge >= 0.3 is 0 Å². The third kappa shape index (κ3) is 1.78. The molecule has 1 aliphatic rings.